The molecule has 0 spiro atoms. The van der Waals surface area contributed by atoms with Crippen LogP contribution in [0.5, 0.6) is 5.75 Å². The van der Waals surface area contributed by atoms with Crippen molar-refractivity contribution in [1.82, 2.24) is 0 Å². The summed E-state index contributed by atoms with van der Waals surface area (Å²) in [6.07, 6.45) is 2.17. The van der Waals surface area contributed by atoms with Crippen LogP contribution in [0.2, 0.25) is 0 Å². The molecule has 0 radical (unpaired) electrons. The van der Waals surface area contributed by atoms with E-state index in [1.165, 1.54) is 0 Å². The van der Waals surface area contributed by atoms with E-state index in [1.807, 2.05) is 24.3 Å². The molecule has 1 aliphatic carbocycles. The lowest BCUT2D eigenvalue weighted by atomic mass is 9.86. The van der Waals surface area contributed by atoms with Gasteiger partial charge in [-0.05, 0) is 47.7 Å². The molecule has 0 aromatic heterocycles. The first-order valence-electron chi connectivity index (χ1n) is 6.69. The normalized spacial score (nSPS) is 16.2. The molecule has 0 aliphatic heterocycles. The van der Waals surface area contributed by atoms with E-state index in [9.17, 15) is 9.90 Å². The molecule has 3 rings (SSSR count). The van der Waals surface area contributed by atoms with Crippen LogP contribution in [0.4, 0.5) is 0 Å². The Balaban J connectivity index is 2.16. The number of rotatable bonds is 4. The molecule has 1 fully saturated rings. The maximum atomic E-state index is 11.1. The Hall–Kier alpha value is -1.55. The zero-order valence-electron chi connectivity index (χ0n) is 10.8. The second-order valence-electron chi connectivity index (χ2n) is 5.41. The zero-order chi connectivity index (χ0) is 14.3. The van der Waals surface area contributed by atoms with E-state index in [0.717, 1.165) is 33.7 Å². The van der Waals surface area contributed by atoms with E-state index in [4.69, 9.17) is 5.11 Å². The molecular formula is C16H15BrO3. The van der Waals surface area contributed by atoms with Gasteiger partial charge in [0.2, 0.25) is 0 Å². The van der Waals surface area contributed by atoms with Crippen molar-refractivity contribution < 1.29 is 15.0 Å². The van der Waals surface area contributed by atoms with E-state index in [1.54, 1.807) is 6.07 Å². The van der Waals surface area contributed by atoms with Crippen LogP contribution < -0.4 is 0 Å². The SMILES string of the molecule is O=C(O)CC(c1c(O)ccc2cc(Br)ccc12)C1CC1. The minimum absolute atomic E-state index is 0.0768. The van der Waals surface area contributed by atoms with Crippen LogP contribution in [0.1, 0.15) is 30.7 Å². The van der Waals surface area contributed by atoms with Crippen LogP contribution in [0, 0.1) is 5.92 Å². The molecule has 1 unspecified atom stereocenters. The largest absolute Gasteiger partial charge is 0.508 e. The van der Waals surface area contributed by atoms with Gasteiger partial charge in [-0.3, -0.25) is 4.79 Å². The quantitative estimate of drug-likeness (QED) is 0.877. The Bertz CT molecular complexity index is 677. The maximum absolute atomic E-state index is 11.1. The van der Waals surface area contributed by atoms with Crippen LogP contribution in [-0.4, -0.2) is 16.2 Å². The predicted molar refractivity (Wildman–Crippen MR) is 81.0 cm³/mol. The molecule has 4 heteroatoms. The van der Waals surface area contributed by atoms with Crippen LogP contribution in [0.25, 0.3) is 10.8 Å². The van der Waals surface area contributed by atoms with E-state index < -0.39 is 5.97 Å². The molecular weight excluding hydrogens is 320 g/mol. The molecule has 2 N–H and O–H groups in total. The summed E-state index contributed by atoms with van der Waals surface area (Å²) in [5.41, 5.74) is 0.792. The number of hydrogen-bond acceptors (Lipinski definition) is 2. The first kappa shape index (κ1) is 13.4. The van der Waals surface area contributed by atoms with Crippen molar-refractivity contribution in [1.29, 1.82) is 0 Å². The van der Waals surface area contributed by atoms with Gasteiger partial charge in [-0.15, -0.1) is 0 Å². The molecule has 0 amide bonds. The summed E-state index contributed by atoms with van der Waals surface area (Å²) >= 11 is 3.44. The Morgan fingerprint density at radius 1 is 1.30 bits per heavy atom. The van der Waals surface area contributed by atoms with Gasteiger partial charge in [-0.25, -0.2) is 0 Å². The lowest BCUT2D eigenvalue weighted by Crippen LogP contribution is -2.09. The van der Waals surface area contributed by atoms with Gasteiger partial charge >= 0.3 is 5.97 Å². The summed E-state index contributed by atoms with van der Waals surface area (Å²) in [6.45, 7) is 0. The van der Waals surface area contributed by atoms with Crippen LogP contribution in [0.15, 0.2) is 34.8 Å². The van der Waals surface area contributed by atoms with Crippen molar-refractivity contribution in [3.8, 4) is 5.75 Å². The van der Waals surface area contributed by atoms with Crippen LogP contribution >= 0.6 is 15.9 Å². The van der Waals surface area contributed by atoms with E-state index in [2.05, 4.69) is 15.9 Å². The first-order valence-corrected chi connectivity index (χ1v) is 7.48. The summed E-state index contributed by atoms with van der Waals surface area (Å²) in [6, 6.07) is 9.40. The average molecular weight is 335 g/mol. The third-order valence-corrected chi connectivity index (χ3v) is 4.45. The first-order chi connectivity index (χ1) is 9.56. The summed E-state index contributed by atoms with van der Waals surface area (Å²) in [5.74, 6) is -0.322. The molecule has 2 aromatic rings. The van der Waals surface area contributed by atoms with E-state index >= 15 is 0 Å². The lowest BCUT2D eigenvalue weighted by Gasteiger charge is -2.18. The number of aromatic hydroxyl groups is 1. The van der Waals surface area contributed by atoms with Gasteiger partial charge in [-0.2, -0.15) is 0 Å². The smallest absolute Gasteiger partial charge is 0.303 e. The minimum Gasteiger partial charge on any atom is -0.508 e. The number of carbonyl (C=O) groups is 1. The standard InChI is InChI=1S/C16H15BrO3/c17-11-4-5-12-10(7-11)3-6-14(18)16(12)13(8-15(19)20)9-1-2-9/h3-7,9,13,18H,1-2,8H2,(H,19,20). The molecule has 1 atom stereocenters. The van der Waals surface area contributed by atoms with Crippen LogP contribution in [0.3, 0.4) is 0 Å². The highest BCUT2D eigenvalue weighted by atomic mass is 79.9. The summed E-state index contributed by atoms with van der Waals surface area (Å²) in [7, 11) is 0. The summed E-state index contributed by atoms with van der Waals surface area (Å²) in [5, 5.41) is 21.3. The number of fused-ring (bicyclic) bond motifs is 1. The van der Waals surface area contributed by atoms with Crippen molar-refractivity contribution in [2.45, 2.75) is 25.2 Å². The molecule has 0 saturated heterocycles. The van der Waals surface area contributed by atoms with Gasteiger partial charge < -0.3 is 10.2 Å². The number of carboxylic acid groups (broad SMARTS) is 1. The van der Waals surface area contributed by atoms with Gasteiger partial charge in [0.25, 0.3) is 0 Å². The molecule has 0 bridgehead atoms. The van der Waals surface area contributed by atoms with Crippen molar-refractivity contribution in [3.63, 3.8) is 0 Å². The number of hydrogen-bond donors (Lipinski definition) is 2. The Labute approximate surface area is 125 Å². The Morgan fingerprint density at radius 3 is 2.70 bits per heavy atom. The van der Waals surface area contributed by atoms with E-state index in [0.29, 0.717) is 5.92 Å². The van der Waals surface area contributed by atoms with Crippen molar-refractivity contribution >= 4 is 32.7 Å². The summed E-state index contributed by atoms with van der Waals surface area (Å²) in [4.78, 5) is 11.1. The van der Waals surface area contributed by atoms with Gasteiger partial charge in [0.05, 0.1) is 6.42 Å². The number of aliphatic carboxylic acids is 1. The Kier molecular flexibility index (Phi) is 3.42. The molecule has 3 nitrogen and oxygen atoms in total. The number of phenolic OH excluding ortho intramolecular Hbond substituents is 1. The lowest BCUT2D eigenvalue weighted by molar-refractivity contribution is -0.137. The molecule has 2 aromatic carbocycles. The molecule has 1 aliphatic rings. The second kappa shape index (κ2) is 5.09. The highest BCUT2D eigenvalue weighted by Gasteiger charge is 2.36. The fourth-order valence-electron chi connectivity index (χ4n) is 2.89. The van der Waals surface area contributed by atoms with Gasteiger partial charge in [0, 0.05) is 16.0 Å². The third kappa shape index (κ3) is 2.52. The second-order valence-corrected chi connectivity index (χ2v) is 6.32. The average Bonchev–Trinajstić information content (AvgIpc) is 3.21. The van der Waals surface area contributed by atoms with E-state index in [-0.39, 0.29) is 18.1 Å². The molecule has 0 heterocycles. The Morgan fingerprint density at radius 2 is 2.05 bits per heavy atom. The van der Waals surface area contributed by atoms with Crippen LogP contribution in [-0.2, 0) is 4.79 Å². The predicted octanol–water partition coefficient (Wildman–Crippen LogP) is 4.28. The minimum atomic E-state index is -0.810. The van der Waals surface area contributed by atoms with Crippen molar-refractivity contribution in [2.75, 3.05) is 0 Å². The van der Waals surface area contributed by atoms with Gasteiger partial charge in [0.15, 0.2) is 0 Å². The monoisotopic (exact) mass is 334 g/mol. The van der Waals surface area contributed by atoms with Gasteiger partial charge in [0.1, 0.15) is 5.75 Å². The number of halogens is 1. The zero-order valence-corrected chi connectivity index (χ0v) is 12.4. The third-order valence-electron chi connectivity index (χ3n) is 3.96. The number of phenols is 1. The fraction of sp³-hybridized carbons (Fsp3) is 0.312. The summed E-state index contributed by atoms with van der Waals surface area (Å²) < 4.78 is 0.975. The fourth-order valence-corrected chi connectivity index (χ4v) is 3.27. The number of benzene rings is 2. The van der Waals surface area contributed by atoms with Crippen molar-refractivity contribution in [2.24, 2.45) is 5.92 Å². The molecule has 104 valence electrons. The topological polar surface area (TPSA) is 57.5 Å². The molecule has 20 heavy (non-hydrogen) atoms. The van der Waals surface area contributed by atoms with Crippen molar-refractivity contribution in [3.05, 3.63) is 40.4 Å². The molecule has 1 saturated carbocycles. The highest BCUT2D eigenvalue weighted by molar-refractivity contribution is 9.10. The highest BCUT2D eigenvalue weighted by Crippen LogP contribution is 2.49. The number of carboxylic acids is 1. The maximum Gasteiger partial charge on any atom is 0.303 e. The van der Waals surface area contributed by atoms with Gasteiger partial charge in [-0.1, -0.05) is 28.1 Å².